The summed E-state index contributed by atoms with van der Waals surface area (Å²) in [5, 5.41) is 21.6. The van der Waals surface area contributed by atoms with Gasteiger partial charge in [-0.2, -0.15) is 12.8 Å². The van der Waals surface area contributed by atoms with Gasteiger partial charge in [0.05, 0.1) is 21.1 Å². The van der Waals surface area contributed by atoms with Gasteiger partial charge in [0.25, 0.3) is 15.7 Å². The number of carbonyl (C=O) groups excluding carboxylic acids is 2. The Labute approximate surface area is 157 Å². The summed E-state index contributed by atoms with van der Waals surface area (Å²) >= 11 is 0. The van der Waals surface area contributed by atoms with E-state index in [1.165, 1.54) is 18.2 Å². The molecular weight excluding hydrogens is 396 g/mol. The quantitative estimate of drug-likeness (QED) is 0.205. The van der Waals surface area contributed by atoms with Crippen molar-refractivity contribution in [2.75, 3.05) is 5.32 Å². The van der Waals surface area contributed by atoms with Gasteiger partial charge in [-0.3, -0.25) is 19.7 Å². The normalized spacial score (nSPS) is 10.8. The first-order valence-corrected chi connectivity index (χ1v) is 8.72. The Bertz CT molecular complexity index is 1070. The second-order valence-electron chi connectivity index (χ2n) is 5.16. The molecule has 2 aromatic rings. The third-order valence-corrected chi connectivity index (χ3v) is 4.96. The van der Waals surface area contributed by atoms with Crippen LogP contribution in [0.3, 0.4) is 0 Å². The number of carboxylic acids is 1. The van der Waals surface area contributed by atoms with Gasteiger partial charge in [-0.25, -0.2) is 10.6 Å². The van der Waals surface area contributed by atoms with Crippen LogP contribution in [0.25, 0.3) is 0 Å². The van der Waals surface area contributed by atoms with Crippen LogP contribution in [0.1, 0.15) is 10.4 Å². The highest BCUT2D eigenvalue weighted by Crippen LogP contribution is 2.19. The smallest absolute Gasteiger partial charge is 0.340 e. The number of hydrogen-bond acceptors (Lipinski definition) is 8. The van der Waals surface area contributed by atoms with Crippen molar-refractivity contribution in [1.29, 1.82) is 0 Å². The fourth-order valence-corrected chi connectivity index (χ4v) is 3.03. The highest BCUT2D eigenvalue weighted by molar-refractivity contribution is 7.89. The van der Waals surface area contributed by atoms with Crippen molar-refractivity contribution in [1.82, 2.24) is 4.41 Å². The molecule has 0 radical (unpaired) electrons. The molecule has 0 aliphatic rings. The Morgan fingerprint density at radius 3 is 2.18 bits per heavy atom. The monoisotopic (exact) mass is 408 g/mol. The van der Waals surface area contributed by atoms with E-state index in [4.69, 9.17) is 10.9 Å². The van der Waals surface area contributed by atoms with Gasteiger partial charge in [0.15, 0.2) is 0 Å². The second kappa shape index (κ2) is 7.81. The fraction of sp³-hybridized carbons (Fsp3) is 0. The van der Waals surface area contributed by atoms with Gasteiger partial charge in [-0.05, 0) is 24.3 Å². The SMILES string of the molecule is NN(C(=O)C(=O)Nc1ccccc1C(=O)O)S(=O)(=O)c1ccc([N+](=O)[O-])cc1. The third-order valence-electron chi connectivity index (χ3n) is 3.40. The van der Waals surface area contributed by atoms with Crippen molar-refractivity contribution in [3.05, 3.63) is 64.2 Å². The minimum Gasteiger partial charge on any atom is -0.478 e. The number of para-hydroxylation sites is 1. The zero-order valence-corrected chi connectivity index (χ0v) is 14.6. The predicted octanol–water partition coefficient (Wildman–Crippen LogP) is 0.323. The maximum atomic E-state index is 12.3. The van der Waals surface area contributed by atoms with E-state index >= 15 is 0 Å². The fourth-order valence-electron chi connectivity index (χ4n) is 2.02. The summed E-state index contributed by atoms with van der Waals surface area (Å²) in [5.41, 5.74) is -0.961. The predicted molar refractivity (Wildman–Crippen MR) is 93.3 cm³/mol. The lowest BCUT2D eigenvalue weighted by Crippen LogP contribution is -2.47. The van der Waals surface area contributed by atoms with Crippen molar-refractivity contribution in [2.45, 2.75) is 4.90 Å². The number of carboxylic acid groups (broad SMARTS) is 1. The van der Waals surface area contributed by atoms with Gasteiger partial charge in [0.2, 0.25) is 0 Å². The number of nitro groups is 1. The van der Waals surface area contributed by atoms with E-state index < -0.39 is 43.3 Å². The van der Waals surface area contributed by atoms with Gasteiger partial charge in [-0.15, -0.1) is 0 Å². The second-order valence-corrected chi connectivity index (χ2v) is 6.98. The summed E-state index contributed by atoms with van der Waals surface area (Å²) in [6, 6.07) is 8.59. The van der Waals surface area contributed by atoms with Crippen LogP contribution in [0.15, 0.2) is 53.4 Å². The molecule has 0 unspecified atom stereocenters. The molecule has 0 aliphatic heterocycles. The Hall–Kier alpha value is -3.84. The van der Waals surface area contributed by atoms with Crippen molar-refractivity contribution in [2.24, 2.45) is 5.84 Å². The van der Waals surface area contributed by atoms with E-state index in [0.717, 1.165) is 30.3 Å². The number of sulfonamides is 1. The Morgan fingerprint density at radius 1 is 1.07 bits per heavy atom. The average molecular weight is 408 g/mol. The Balaban J connectivity index is 2.24. The number of hydrogen-bond donors (Lipinski definition) is 3. The lowest BCUT2D eigenvalue weighted by atomic mass is 10.2. The molecular formula is C15H12N4O8S. The number of hydrazine groups is 1. The molecule has 0 aromatic heterocycles. The summed E-state index contributed by atoms with van der Waals surface area (Å²) in [6.45, 7) is 0. The van der Waals surface area contributed by atoms with E-state index in [1.807, 2.05) is 5.32 Å². The number of non-ortho nitro benzene ring substituents is 1. The number of nitrogens with one attached hydrogen (secondary N) is 1. The van der Waals surface area contributed by atoms with Crippen LogP contribution < -0.4 is 11.2 Å². The number of amides is 2. The highest BCUT2D eigenvalue weighted by Gasteiger charge is 2.32. The van der Waals surface area contributed by atoms with Crippen LogP contribution in [-0.2, 0) is 19.6 Å². The molecule has 0 bridgehead atoms. The zero-order valence-electron chi connectivity index (χ0n) is 13.8. The Morgan fingerprint density at radius 2 is 1.64 bits per heavy atom. The molecule has 0 saturated heterocycles. The molecule has 28 heavy (non-hydrogen) atoms. The van der Waals surface area contributed by atoms with Gasteiger partial charge in [0, 0.05) is 12.1 Å². The molecule has 0 fully saturated rings. The van der Waals surface area contributed by atoms with Gasteiger partial charge in [-0.1, -0.05) is 12.1 Å². The molecule has 4 N–H and O–H groups in total. The number of anilines is 1. The topological polar surface area (TPSA) is 190 Å². The summed E-state index contributed by atoms with van der Waals surface area (Å²) in [6.07, 6.45) is 0. The molecule has 0 saturated carbocycles. The number of aromatic carboxylic acids is 1. The average Bonchev–Trinajstić information content (AvgIpc) is 2.66. The van der Waals surface area contributed by atoms with E-state index in [9.17, 15) is 32.9 Å². The number of nitro benzene ring substituents is 1. The third kappa shape index (κ3) is 4.11. The molecule has 12 nitrogen and oxygen atoms in total. The lowest BCUT2D eigenvalue weighted by Gasteiger charge is -2.16. The first-order valence-electron chi connectivity index (χ1n) is 7.28. The van der Waals surface area contributed by atoms with Crippen molar-refractivity contribution < 1.29 is 32.8 Å². The number of carbonyl (C=O) groups is 3. The Kier molecular flexibility index (Phi) is 5.71. The summed E-state index contributed by atoms with van der Waals surface area (Å²) in [4.78, 5) is 44.5. The molecule has 146 valence electrons. The van der Waals surface area contributed by atoms with E-state index in [0.29, 0.717) is 0 Å². The van der Waals surface area contributed by atoms with Crippen molar-refractivity contribution in [3.63, 3.8) is 0 Å². The maximum Gasteiger partial charge on any atom is 0.340 e. The van der Waals surface area contributed by atoms with Crippen LogP contribution in [0.5, 0.6) is 0 Å². The molecule has 0 aliphatic carbocycles. The zero-order chi connectivity index (χ0) is 21.1. The molecule has 2 amide bonds. The van der Waals surface area contributed by atoms with Crippen LogP contribution in [0.4, 0.5) is 11.4 Å². The van der Waals surface area contributed by atoms with E-state index in [2.05, 4.69) is 0 Å². The minimum atomic E-state index is -4.68. The van der Waals surface area contributed by atoms with Crippen LogP contribution >= 0.6 is 0 Å². The van der Waals surface area contributed by atoms with Gasteiger partial charge >= 0.3 is 17.8 Å². The number of nitrogens with zero attached hydrogens (tertiary/aromatic N) is 2. The molecule has 0 heterocycles. The van der Waals surface area contributed by atoms with Crippen LogP contribution in [0, 0.1) is 10.1 Å². The largest absolute Gasteiger partial charge is 0.478 e. The van der Waals surface area contributed by atoms with Gasteiger partial charge in [0.1, 0.15) is 0 Å². The van der Waals surface area contributed by atoms with Crippen LogP contribution in [-0.4, -0.2) is 40.6 Å². The standard InChI is InChI=1S/C15H12N4O8S/c16-18(28(26,27)10-7-5-9(6-8-10)19(24)25)14(21)13(20)17-12-4-2-1-3-11(12)15(22)23/h1-8H,16H2,(H,17,20)(H,22,23). The summed E-state index contributed by atoms with van der Waals surface area (Å²) in [7, 11) is -4.68. The highest BCUT2D eigenvalue weighted by atomic mass is 32.2. The van der Waals surface area contributed by atoms with Gasteiger partial charge < -0.3 is 10.4 Å². The van der Waals surface area contributed by atoms with E-state index in [-0.39, 0.29) is 15.7 Å². The molecule has 2 aromatic carbocycles. The summed E-state index contributed by atoms with van der Waals surface area (Å²) in [5.74, 6) is 0.685. The maximum absolute atomic E-state index is 12.3. The molecule has 2 rings (SSSR count). The van der Waals surface area contributed by atoms with E-state index in [1.54, 1.807) is 0 Å². The number of benzene rings is 2. The molecule has 0 atom stereocenters. The van der Waals surface area contributed by atoms with Crippen molar-refractivity contribution in [3.8, 4) is 0 Å². The number of rotatable bonds is 5. The minimum absolute atomic E-state index is 0.241. The first-order chi connectivity index (χ1) is 13.1. The summed E-state index contributed by atoms with van der Waals surface area (Å²) < 4.78 is 24.3. The molecule has 13 heteroatoms. The molecule has 0 spiro atoms. The van der Waals surface area contributed by atoms with Crippen LogP contribution in [0.2, 0.25) is 0 Å². The first kappa shape index (κ1) is 20.5. The number of nitrogens with two attached hydrogens (primary N) is 1. The van der Waals surface area contributed by atoms with Crippen molar-refractivity contribution >= 4 is 39.2 Å². The lowest BCUT2D eigenvalue weighted by molar-refractivity contribution is -0.384.